The van der Waals surface area contributed by atoms with Gasteiger partial charge in [-0.25, -0.2) is 9.97 Å². The van der Waals surface area contributed by atoms with Gasteiger partial charge in [-0.15, -0.1) is 0 Å². The number of aryl methyl sites for hydroxylation is 1. The number of halogens is 4. The molecule has 0 amide bonds. The average Bonchev–Trinajstić information content (AvgIpc) is 2.57. The molecule has 10 heteroatoms. The summed E-state index contributed by atoms with van der Waals surface area (Å²) in [5.41, 5.74) is 5.28. The number of nitrogens with zero attached hydrogens (tertiary/aromatic N) is 3. The highest BCUT2D eigenvalue weighted by Crippen LogP contribution is 2.31. The van der Waals surface area contributed by atoms with Crippen LogP contribution in [0.2, 0.25) is 0 Å². The molecule has 136 valence electrons. The number of fused-ring (bicyclic) bond motifs is 1. The maximum Gasteiger partial charge on any atom is 0.416 e. The van der Waals surface area contributed by atoms with Gasteiger partial charge in [-0.05, 0) is 45.8 Å². The van der Waals surface area contributed by atoms with E-state index in [4.69, 9.17) is 5.73 Å². The zero-order valence-electron chi connectivity index (χ0n) is 13.4. The van der Waals surface area contributed by atoms with Crippen LogP contribution in [0, 0.1) is 0 Å². The van der Waals surface area contributed by atoms with Crippen molar-refractivity contribution in [3.8, 4) is 0 Å². The van der Waals surface area contributed by atoms with Gasteiger partial charge < -0.3 is 11.1 Å². The Kier molecular flexibility index (Phi) is 4.61. The van der Waals surface area contributed by atoms with Crippen molar-refractivity contribution in [1.82, 2.24) is 14.5 Å². The molecule has 3 N–H and O–H groups in total. The highest BCUT2D eigenvalue weighted by molar-refractivity contribution is 9.10. The van der Waals surface area contributed by atoms with Crippen molar-refractivity contribution in [2.24, 2.45) is 7.05 Å². The largest absolute Gasteiger partial charge is 0.416 e. The predicted octanol–water partition coefficient (Wildman–Crippen LogP) is 3.30. The number of hydrogen-bond donors (Lipinski definition) is 2. The number of benzene rings is 1. The smallest absolute Gasteiger partial charge is 0.399 e. The fraction of sp³-hybridized carbons (Fsp3) is 0.188. The Morgan fingerprint density at radius 3 is 2.65 bits per heavy atom. The van der Waals surface area contributed by atoms with E-state index in [2.05, 4.69) is 31.2 Å². The maximum atomic E-state index is 12.9. The number of rotatable bonds is 3. The van der Waals surface area contributed by atoms with Crippen LogP contribution in [0.25, 0.3) is 11.0 Å². The molecule has 0 aliphatic heterocycles. The van der Waals surface area contributed by atoms with Crippen molar-refractivity contribution in [2.45, 2.75) is 12.7 Å². The van der Waals surface area contributed by atoms with Crippen LogP contribution >= 0.6 is 15.9 Å². The molecule has 0 spiro atoms. The van der Waals surface area contributed by atoms with Gasteiger partial charge in [0.2, 0.25) is 0 Å². The Balaban J connectivity index is 1.96. The van der Waals surface area contributed by atoms with E-state index in [-0.39, 0.29) is 17.8 Å². The third kappa shape index (κ3) is 3.50. The van der Waals surface area contributed by atoms with E-state index in [1.54, 1.807) is 13.1 Å². The first-order chi connectivity index (χ1) is 12.2. The van der Waals surface area contributed by atoms with E-state index in [0.717, 1.165) is 12.1 Å². The number of anilines is 2. The van der Waals surface area contributed by atoms with Crippen LogP contribution in [0.5, 0.6) is 0 Å². The van der Waals surface area contributed by atoms with Crippen LogP contribution in [0.15, 0.2) is 39.9 Å². The van der Waals surface area contributed by atoms with Crippen molar-refractivity contribution in [3.63, 3.8) is 0 Å². The van der Waals surface area contributed by atoms with Gasteiger partial charge >= 0.3 is 6.18 Å². The maximum absolute atomic E-state index is 12.9. The van der Waals surface area contributed by atoms with Crippen molar-refractivity contribution < 1.29 is 13.2 Å². The first-order valence-corrected chi connectivity index (χ1v) is 8.17. The van der Waals surface area contributed by atoms with E-state index in [9.17, 15) is 18.0 Å². The minimum atomic E-state index is -4.48. The van der Waals surface area contributed by atoms with Gasteiger partial charge in [-0.1, -0.05) is 0 Å². The average molecular weight is 428 g/mol. The zero-order valence-corrected chi connectivity index (χ0v) is 15.0. The van der Waals surface area contributed by atoms with Gasteiger partial charge in [0, 0.05) is 19.3 Å². The topological polar surface area (TPSA) is 85.8 Å². The molecular formula is C16H13BrF3N5O. The van der Waals surface area contributed by atoms with E-state index < -0.39 is 11.7 Å². The summed E-state index contributed by atoms with van der Waals surface area (Å²) in [5.74, 6) is 0.391. The van der Waals surface area contributed by atoms with Crippen LogP contribution in [0.3, 0.4) is 0 Å². The lowest BCUT2D eigenvalue weighted by Crippen LogP contribution is -2.19. The molecule has 6 nitrogen and oxygen atoms in total. The standard InChI is InChI=1S/C16H13BrF3N5O/c1-25-14-11(5-12(17)15(25)26)13(23-7-24-14)22-6-8-2-9(16(18,19)20)4-10(21)3-8/h2-5,7H,6,21H2,1H3,(H,22,23,24). The van der Waals surface area contributed by atoms with Gasteiger partial charge in [-0.3, -0.25) is 9.36 Å². The van der Waals surface area contributed by atoms with Crippen LogP contribution in [0.4, 0.5) is 24.7 Å². The molecule has 3 rings (SSSR count). The summed E-state index contributed by atoms with van der Waals surface area (Å²) in [4.78, 5) is 20.2. The van der Waals surface area contributed by atoms with Crippen molar-refractivity contribution in [3.05, 3.63) is 56.5 Å². The monoisotopic (exact) mass is 427 g/mol. The van der Waals surface area contributed by atoms with E-state index in [1.807, 2.05) is 0 Å². The molecule has 0 aliphatic carbocycles. The molecule has 0 radical (unpaired) electrons. The lowest BCUT2D eigenvalue weighted by molar-refractivity contribution is -0.137. The lowest BCUT2D eigenvalue weighted by Gasteiger charge is -2.13. The highest BCUT2D eigenvalue weighted by atomic mass is 79.9. The number of nitrogens with two attached hydrogens (primary N) is 1. The first-order valence-electron chi connectivity index (χ1n) is 7.37. The fourth-order valence-corrected chi connectivity index (χ4v) is 3.04. The Bertz CT molecular complexity index is 1050. The van der Waals surface area contributed by atoms with E-state index in [0.29, 0.717) is 26.9 Å². The summed E-state index contributed by atoms with van der Waals surface area (Å²) in [6.45, 7) is 0.0701. The fourth-order valence-electron chi connectivity index (χ4n) is 2.54. The molecule has 0 saturated heterocycles. The van der Waals surface area contributed by atoms with Crippen molar-refractivity contribution in [1.29, 1.82) is 0 Å². The molecule has 2 aromatic heterocycles. The molecule has 0 aliphatic rings. The Labute approximate surface area is 154 Å². The number of pyridine rings is 1. The minimum Gasteiger partial charge on any atom is -0.399 e. The molecule has 0 atom stereocenters. The second-order valence-electron chi connectivity index (χ2n) is 5.63. The van der Waals surface area contributed by atoms with Crippen molar-refractivity contribution >= 4 is 38.5 Å². The summed E-state index contributed by atoms with van der Waals surface area (Å²) in [5, 5.41) is 3.53. The quantitative estimate of drug-likeness (QED) is 0.626. The number of alkyl halides is 3. The molecule has 0 unspecified atom stereocenters. The zero-order chi connectivity index (χ0) is 19.1. The van der Waals surface area contributed by atoms with Gasteiger partial charge in [-0.2, -0.15) is 13.2 Å². The number of hydrogen-bond acceptors (Lipinski definition) is 5. The highest BCUT2D eigenvalue weighted by Gasteiger charge is 2.31. The van der Waals surface area contributed by atoms with E-state index >= 15 is 0 Å². The molecule has 0 fully saturated rings. The molecule has 1 aromatic carbocycles. The van der Waals surface area contributed by atoms with Crippen LogP contribution < -0.4 is 16.6 Å². The Morgan fingerprint density at radius 2 is 1.96 bits per heavy atom. The summed E-state index contributed by atoms with van der Waals surface area (Å²) in [7, 11) is 1.57. The molecule has 3 aromatic rings. The Hall–Kier alpha value is -2.62. The number of nitrogen functional groups attached to an aromatic ring is 1. The molecule has 26 heavy (non-hydrogen) atoms. The van der Waals surface area contributed by atoms with Crippen LogP contribution in [-0.2, 0) is 19.8 Å². The Morgan fingerprint density at radius 1 is 1.23 bits per heavy atom. The van der Waals surface area contributed by atoms with Crippen molar-refractivity contribution in [2.75, 3.05) is 11.1 Å². The third-order valence-electron chi connectivity index (χ3n) is 3.76. The summed E-state index contributed by atoms with van der Waals surface area (Å²) in [6, 6.07) is 4.94. The van der Waals surface area contributed by atoms with Gasteiger partial charge in [0.15, 0.2) is 0 Å². The van der Waals surface area contributed by atoms with E-state index in [1.165, 1.54) is 17.0 Å². The third-order valence-corrected chi connectivity index (χ3v) is 4.33. The SMILES string of the molecule is Cn1c(=O)c(Br)cc2c(NCc3cc(N)cc(C(F)(F)F)c3)ncnc21. The summed E-state index contributed by atoms with van der Waals surface area (Å²) >= 11 is 3.18. The number of aromatic nitrogens is 3. The molecule has 2 heterocycles. The van der Waals surface area contributed by atoms with Crippen LogP contribution in [0.1, 0.15) is 11.1 Å². The van der Waals surface area contributed by atoms with Gasteiger partial charge in [0.1, 0.15) is 17.8 Å². The summed E-state index contributed by atoms with van der Waals surface area (Å²) in [6.07, 6.45) is -3.20. The number of nitrogens with one attached hydrogen (secondary N) is 1. The molecular weight excluding hydrogens is 415 g/mol. The first kappa shape index (κ1) is 18.2. The predicted molar refractivity (Wildman–Crippen MR) is 95.7 cm³/mol. The van der Waals surface area contributed by atoms with Gasteiger partial charge in [0.05, 0.1) is 15.4 Å². The normalized spacial score (nSPS) is 11.7. The van der Waals surface area contributed by atoms with Crippen LogP contribution in [-0.4, -0.2) is 14.5 Å². The minimum absolute atomic E-state index is 0.0225. The van der Waals surface area contributed by atoms with Gasteiger partial charge in [0.25, 0.3) is 5.56 Å². The summed E-state index contributed by atoms with van der Waals surface area (Å²) < 4.78 is 40.4. The second-order valence-corrected chi connectivity index (χ2v) is 6.48. The second kappa shape index (κ2) is 6.60. The molecule has 0 saturated carbocycles. The lowest BCUT2D eigenvalue weighted by atomic mass is 10.1. The molecule has 0 bridgehead atoms.